The number of amides is 1. The highest BCUT2D eigenvalue weighted by Gasteiger charge is 2.25. The molecule has 10 heteroatoms. The van der Waals surface area contributed by atoms with E-state index in [-0.39, 0.29) is 23.1 Å². The van der Waals surface area contributed by atoms with Crippen molar-refractivity contribution >= 4 is 39.1 Å². The Labute approximate surface area is 179 Å². The Balaban J connectivity index is 1.92. The average Bonchev–Trinajstić information content (AvgIpc) is 3.04. The molecule has 0 spiro atoms. The van der Waals surface area contributed by atoms with Gasteiger partial charge < -0.3 is 10.1 Å². The summed E-state index contributed by atoms with van der Waals surface area (Å²) in [6, 6.07) is 3.81. The molecule has 1 N–H and O–H groups in total. The molecule has 4 rings (SSSR count). The number of hydrogen-bond acceptors (Lipinski definition) is 5. The Morgan fingerprint density at radius 2 is 2.03 bits per heavy atom. The highest BCUT2D eigenvalue weighted by molar-refractivity contribution is 7.22. The second-order valence-electron chi connectivity index (χ2n) is 7.16. The van der Waals surface area contributed by atoms with E-state index in [2.05, 4.69) is 5.32 Å². The lowest BCUT2D eigenvalue weighted by Gasteiger charge is -2.16. The minimum absolute atomic E-state index is 0.0302. The molecule has 1 fully saturated rings. The van der Waals surface area contributed by atoms with E-state index in [0.717, 1.165) is 6.07 Å². The standard InChI is InChI=1S/C20H19ClFN3O4S/c1-24-14-9-16(11-7-15(29-2)13(22)8-12(11)21)30-18(14)19(27)25(20(24)28)10-4-3-5-23-17(26)6-10/h7-10H,3-6H2,1-2H3,(H,23,26)/t10-/m1/s1. The van der Waals surface area contributed by atoms with Gasteiger partial charge in [-0.2, -0.15) is 0 Å². The lowest BCUT2D eigenvalue weighted by Crippen LogP contribution is -2.41. The number of carbonyl (C=O) groups excluding carboxylic acids is 1. The van der Waals surface area contributed by atoms with Gasteiger partial charge in [-0.1, -0.05) is 11.6 Å². The molecule has 1 amide bonds. The Hall–Kier alpha value is -2.65. The predicted molar refractivity (Wildman–Crippen MR) is 114 cm³/mol. The van der Waals surface area contributed by atoms with E-state index >= 15 is 0 Å². The van der Waals surface area contributed by atoms with Crippen LogP contribution in [0.2, 0.25) is 5.02 Å². The topological polar surface area (TPSA) is 82.3 Å². The molecule has 0 saturated carbocycles. The molecule has 7 nitrogen and oxygen atoms in total. The predicted octanol–water partition coefficient (Wildman–Crippen LogP) is 3.07. The summed E-state index contributed by atoms with van der Waals surface area (Å²) >= 11 is 7.40. The Bertz CT molecular complexity index is 1280. The second-order valence-corrected chi connectivity index (χ2v) is 8.62. The fourth-order valence-corrected chi connectivity index (χ4v) is 5.21. The largest absolute Gasteiger partial charge is 0.494 e. The Morgan fingerprint density at radius 1 is 1.27 bits per heavy atom. The van der Waals surface area contributed by atoms with Crippen LogP contribution in [-0.2, 0) is 11.8 Å². The van der Waals surface area contributed by atoms with Crippen LogP contribution in [0.5, 0.6) is 5.75 Å². The molecule has 30 heavy (non-hydrogen) atoms. The molecule has 1 aromatic carbocycles. The zero-order valence-electron chi connectivity index (χ0n) is 16.3. The van der Waals surface area contributed by atoms with Crippen LogP contribution >= 0.6 is 22.9 Å². The van der Waals surface area contributed by atoms with Gasteiger partial charge in [-0.3, -0.25) is 18.7 Å². The Kier molecular flexibility index (Phi) is 5.42. The Morgan fingerprint density at radius 3 is 2.77 bits per heavy atom. The number of hydrogen-bond donors (Lipinski definition) is 1. The van der Waals surface area contributed by atoms with Crippen molar-refractivity contribution in [2.45, 2.75) is 25.3 Å². The van der Waals surface area contributed by atoms with Crippen LogP contribution in [0, 0.1) is 5.82 Å². The van der Waals surface area contributed by atoms with Crippen molar-refractivity contribution in [3.8, 4) is 16.2 Å². The number of ether oxygens (including phenoxy) is 1. The quantitative estimate of drug-likeness (QED) is 0.663. The molecule has 1 aliphatic heterocycles. The van der Waals surface area contributed by atoms with Gasteiger partial charge in [-0.25, -0.2) is 9.18 Å². The van der Waals surface area contributed by atoms with Gasteiger partial charge >= 0.3 is 5.69 Å². The van der Waals surface area contributed by atoms with Crippen LogP contribution in [-0.4, -0.2) is 28.7 Å². The molecular weight excluding hydrogens is 433 g/mol. The SMILES string of the molecule is COc1cc(-c2cc3c(s2)c(=O)n([C@@H]2CCCNC(=O)C2)c(=O)n3C)c(Cl)cc1F. The average molecular weight is 452 g/mol. The third-order valence-electron chi connectivity index (χ3n) is 5.31. The fourth-order valence-electron chi connectivity index (χ4n) is 3.75. The first kappa shape index (κ1) is 20.6. The van der Waals surface area contributed by atoms with Crippen molar-refractivity contribution in [2.24, 2.45) is 7.05 Å². The van der Waals surface area contributed by atoms with Gasteiger partial charge in [0.15, 0.2) is 11.6 Å². The summed E-state index contributed by atoms with van der Waals surface area (Å²) in [4.78, 5) is 38.8. The summed E-state index contributed by atoms with van der Waals surface area (Å²) in [5.41, 5.74) is 0.0515. The maximum absolute atomic E-state index is 13.9. The number of fused-ring (bicyclic) bond motifs is 1. The molecule has 0 radical (unpaired) electrons. The van der Waals surface area contributed by atoms with E-state index < -0.39 is 23.1 Å². The zero-order valence-corrected chi connectivity index (χ0v) is 17.9. The van der Waals surface area contributed by atoms with Crippen molar-refractivity contribution in [2.75, 3.05) is 13.7 Å². The van der Waals surface area contributed by atoms with Crippen LogP contribution in [0.3, 0.4) is 0 Å². The number of aromatic nitrogens is 2. The number of nitrogens with zero attached hydrogens (tertiary/aromatic N) is 2. The van der Waals surface area contributed by atoms with Crippen LogP contribution in [0.4, 0.5) is 4.39 Å². The molecule has 1 aliphatic rings. The monoisotopic (exact) mass is 451 g/mol. The molecule has 0 aliphatic carbocycles. The molecule has 0 unspecified atom stereocenters. The third-order valence-corrected chi connectivity index (χ3v) is 6.77. The zero-order chi connectivity index (χ0) is 21.6. The van der Waals surface area contributed by atoms with Crippen molar-refractivity contribution in [3.63, 3.8) is 0 Å². The molecule has 0 bridgehead atoms. The van der Waals surface area contributed by atoms with E-state index in [9.17, 15) is 18.8 Å². The van der Waals surface area contributed by atoms with E-state index in [4.69, 9.17) is 16.3 Å². The van der Waals surface area contributed by atoms with Crippen LogP contribution in [0.1, 0.15) is 25.3 Å². The number of benzene rings is 1. The van der Waals surface area contributed by atoms with Gasteiger partial charge in [0.25, 0.3) is 5.56 Å². The molecule has 158 valence electrons. The van der Waals surface area contributed by atoms with Gasteiger partial charge in [0.05, 0.1) is 23.7 Å². The van der Waals surface area contributed by atoms with E-state index in [1.54, 1.807) is 13.1 Å². The number of thiophene rings is 1. The van der Waals surface area contributed by atoms with E-state index in [1.165, 1.54) is 33.6 Å². The highest BCUT2D eigenvalue weighted by atomic mass is 35.5. The number of methoxy groups -OCH3 is 1. The highest BCUT2D eigenvalue weighted by Crippen LogP contribution is 2.38. The second kappa shape index (κ2) is 7.88. The number of rotatable bonds is 3. The summed E-state index contributed by atoms with van der Waals surface area (Å²) in [6.45, 7) is 0.528. The molecule has 2 aromatic heterocycles. The summed E-state index contributed by atoms with van der Waals surface area (Å²) in [6.07, 6.45) is 1.32. The maximum atomic E-state index is 13.9. The number of carbonyl (C=O) groups is 1. The van der Waals surface area contributed by atoms with Crippen LogP contribution < -0.4 is 21.3 Å². The maximum Gasteiger partial charge on any atom is 0.331 e. The first-order valence-corrected chi connectivity index (χ1v) is 10.6. The molecule has 1 atom stereocenters. The van der Waals surface area contributed by atoms with Gasteiger partial charge in [-0.15, -0.1) is 11.3 Å². The van der Waals surface area contributed by atoms with Gasteiger partial charge in [0, 0.05) is 30.5 Å². The molecular formula is C20H19ClFN3O4S. The fraction of sp³-hybridized carbons (Fsp3) is 0.350. The summed E-state index contributed by atoms with van der Waals surface area (Å²) < 4.78 is 21.9. The van der Waals surface area contributed by atoms with Crippen LogP contribution in [0.25, 0.3) is 20.7 Å². The summed E-state index contributed by atoms with van der Waals surface area (Å²) in [5, 5.41) is 2.94. The van der Waals surface area contributed by atoms with Crippen molar-refractivity contribution in [1.29, 1.82) is 0 Å². The molecule has 1 saturated heterocycles. The first-order chi connectivity index (χ1) is 14.3. The van der Waals surface area contributed by atoms with Crippen molar-refractivity contribution in [3.05, 3.63) is 49.9 Å². The lowest BCUT2D eigenvalue weighted by molar-refractivity contribution is -0.121. The van der Waals surface area contributed by atoms with E-state index in [0.29, 0.717) is 40.0 Å². The molecule has 3 heterocycles. The third kappa shape index (κ3) is 3.41. The number of halogens is 2. The minimum atomic E-state index is -0.589. The van der Waals surface area contributed by atoms with E-state index in [1.807, 2.05) is 0 Å². The normalized spacial score (nSPS) is 17.1. The first-order valence-electron chi connectivity index (χ1n) is 9.37. The number of aryl methyl sites for hydroxylation is 1. The minimum Gasteiger partial charge on any atom is -0.494 e. The molecule has 3 aromatic rings. The van der Waals surface area contributed by atoms with Crippen molar-refractivity contribution < 1.29 is 13.9 Å². The lowest BCUT2D eigenvalue weighted by atomic mass is 10.1. The number of nitrogens with one attached hydrogen (secondary N) is 1. The summed E-state index contributed by atoms with van der Waals surface area (Å²) in [7, 11) is 2.94. The van der Waals surface area contributed by atoms with Gasteiger partial charge in [0.1, 0.15) is 4.70 Å². The van der Waals surface area contributed by atoms with Crippen molar-refractivity contribution in [1.82, 2.24) is 14.5 Å². The van der Waals surface area contributed by atoms with Gasteiger partial charge in [0.2, 0.25) is 5.91 Å². The van der Waals surface area contributed by atoms with Crippen LogP contribution in [0.15, 0.2) is 27.8 Å². The summed E-state index contributed by atoms with van der Waals surface area (Å²) in [5.74, 6) is -0.736. The van der Waals surface area contributed by atoms with Gasteiger partial charge in [-0.05, 0) is 31.0 Å². The smallest absolute Gasteiger partial charge is 0.331 e.